The van der Waals surface area contributed by atoms with Crippen LogP contribution in [0.3, 0.4) is 0 Å². The van der Waals surface area contributed by atoms with Crippen LogP contribution >= 0.6 is 12.2 Å². The molecule has 1 rings (SSSR count). The molecule has 0 saturated carbocycles. The minimum atomic E-state index is 0.335. The number of thiocarbonyl (C=S) groups is 1. The van der Waals surface area contributed by atoms with Crippen LogP contribution in [0.2, 0.25) is 0 Å². The summed E-state index contributed by atoms with van der Waals surface area (Å²) in [7, 11) is 0. The molecule has 0 radical (unpaired) electrons. The molecule has 0 aliphatic heterocycles. The molecular formula is C11H17N3S. The summed E-state index contributed by atoms with van der Waals surface area (Å²) < 4.78 is 0. The number of pyridine rings is 1. The fourth-order valence-corrected chi connectivity index (χ4v) is 1.34. The van der Waals surface area contributed by atoms with Gasteiger partial charge in [0, 0.05) is 12.7 Å². The van der Waals surface area contributed by atoms with E-state index in [1.165, 1.54) is 0 Å². The Balaban J connectivity index is 2.72. The van der Waals surface area contributed by atoms with Gasteiger partial charge in [0.25, 0.3) is 0 Å². The third kappa shape index (κ3) is 3.47. The molecular weight excluding hydrogens is 206 g/mol. The molecule has 1 aromatic rings. The Morgan fingerprint density at radius 3 is 3.00 bits per heavy atom. The van der Waals surface area contributed by atoms with Crippen LogP contribution in [0.1, 0.15) is 26.0 Å². The molecule has 3 nitrogen and oxygen atoms in total. The van der Waals surface area contributed by atoms with Gasteiger partial charge in [0.15, 0.2) is 0 Å². The van der Waals surface area contributed by atoms with E-state index in [9.17, 15) is 0 Å². The van der Waals surface area contributed by atoms with Gasteiger partial charge in [-0.1, -0.05) is 32.5 Å². The van der Waals surface area contributed by atoms with Crippen LogP contribution in [0.4, 0.5) is 5.69 Å². The number of nitrogens with two attached hydrogens (primary N) is 1. The van der Waals surface area contributed by atoms with Crippen LogP contribution in [0.25, 0.3) is 0 Å². The molecule has 0 amide bonds. The van der Waals surface area contributed by atoms with Crippen molar-refractivity contribution in [2.24, 2.45) is 11.7 Å². The van der Waals surface area contributed by atoms with E-state index in [0.717, 1.165) is 18.7 Å². The predicted octanol–water partition coefficient (Wildman–Crippen LogP) is 2.17. The summed E-state index contributed by atoms with van der Waals surface area (Å²) in [6.07, 6.45) is 2.85. The fourth-order valence-electron chi connectivity index (χ4n) is 1.17. The van der Waals surface area contributed by atoms with Crippen LogP contribution in [-0.2, 0) is 0 Å². The molecule has 1 unspecified atom stereocenters. The van der Waals surface area contributed by atoms with Crippen molar-refractivity contribution in [3.63, 3.8) is 0 Å². The number of hydrogen-bond acceptors (Lipinski definition) is 3. The molecule has 1 heterocycles. The number of nitrogens with one attached hydrogen (secondary N) is 1. The normalized spacial score (nSPS) is 12.1. The number of hydrogen-bond donors (Lipinski definition) is 2. The summed E-state index contributed by atoms with van der Waals surface area (Å²) in [5.41, 5.74) is 7.18. The Hall–Kier alpha value is -1.16. The van der Waals surface area contributed by atoms with Gasteiger partial charge in [-0.05, 0) is 18.1 Å². The molecule has 3 N–H and O–H groups in total. The molecule has 0 aliphatic rings. The summed E-state index contributed by atoms with van der Waals surface area (Å²) in [6, 6.07) is 3.82. The number of rotatable bonds is 5. The van der Waals surface area contributed by atoms with E-state index in [4.69, 9.17) is 18.0 Å². The van der Waals surface area contributed by atoms with Crippen molar-refractivity contribution < 1.29 is 0 Å². The minimum absolute atomic E-state index is 0.335. The zero-order chi connectivity index (χ0) is 11.3. The first kappa shape index (κ1) is 11.9. The molecule has 0 fully saturated rings. The van der Waals surface area contributed by atoms with Crippen molar-refractivity contribution in [1.82, 2.24) is 4.98 Å². The van der Waals surface area contributed by atoms with E-state index < -0.39 is 0 Å². The zero-order valence-corrected chi connectivity index (χ0v) is 9.97. The van der Waals surface area contributed by atoms with Crippen molar-refractivity contribution >= 4 is 22.9 Å². The van der Waals surface area contributed by atoms with Gasteiger partial charge in [-0.25, -0.2) is 0 Å². The maximum Gasteiger partial charge on any atom is 0.124 e. The highest BCUT2D eigenvalue weighted by Crippen LogP contribution is 2.13. The van der Waals surface area contributed by atoms with E-state index in [0.29, 0.717) is 16.6 Å². The van der Waals surface area contributed by atoms with Gasteiger partial charge in [0.05, 0.1) is 5.69 Å². The second kappa shape index (κ2) is 5.66. The summed E-state index contributed by atoms with van der Waals surface area (Å²) in [6.45, 7) is 5.28. The molecule has 82 valence electrons. The maximum atomic E-state index is 5.58. The van der Waals surface area contributed by atoms with E-state index in [-0.39, 0.29) is 0 Å². The van der Waals surface area contributed by atoms with Crippen molar-refractivity contribution in [3.8, 4) is 0 Å². The predicted molar refractivity (Wildman–Crippen MR) is 68.1 cm³/mol. The average molecular weight is 223 g/mol. The Morgan fingerprint density at radius 1 is 1.67 bits per heavy atom. The van der Waals surface area contributed by atoms with Crippen molar-refractivity contribution in [2.75, 3.05) is 11.9 Å². The quantitative estimate of drug-likeness (QED) is 0.751. The van der Waals surface area contributed by atoms with Gasteiger partial charge in [0.2, 0.25) is 0 Å². The Morgan fingerprint density at radius 2 is 2.40 bits per heavy atom. The molecule has 0 aliphatic carbocycles. The minimum Gasteiger partial charge on any atom is -0.388 e. The van der Waals surface area contributed by atoms with E-state index >= 15 is 0 Å². The monoisotopic (exact) mass is 223 g/mol. The van der Waals surface area contributed by atoms with Gasteiger partial charge in [-0.15, -0.1) is 0 Å². The smallest absolute Gasteiger partial charge is 0.124 e. The molecule has 0 spiro atoms. The first-order valence-corrected chi connectivity index (χ1v) is 5.54. The average Bonchev–Trinajstić information content (AvgIpc) is 2.26. The first-order chi connectivity index (χ1) is 7.15. The third-order valence-electron chi connectivity index (χ3n) is 2.38. The number of anilines is 1. The molecule has 1 atom stereocenters. The lowest BCUT2D eigenvalue weighted by Gasteiger charge is -2.13. The van der Waals surface area contributed by atoms with Crippen LogP contribution in [-0.4, -0.2) is 16.5 Å². The lowest BCUT2D eigenvalue weighted by molar-refractivity contribution is 0.593. The molecule has 4 heteroatoms. The molecule has 0 saturated heterocycles. The van der Waals surface area contributed by atoms with Crippen LogP contribution in [0, 0.1) is 5.92 Å². The van der Waals surface area contributed by atoms with Gasteiger partial charge in [-0.3, -0.25) is 4.98 Å². The third-order valence-corrected chi connectivity index (χ3v) is 2.57. The Labute approximate surface area is 96.1 Å². The summed E-state index contributed by atoms with van der Waals surface area (Å²) in [5, 5.41) is 3.32. The lowest BCUT2D eigenvalue weighted by atomic mass is 10.1. The van der Waals surface area contributed by atoms with E-state index in [1.807, 2.05) is 12.1 Å². The van der Waals surface area contributed by atoms with E-state index in [1.54, 1.807) is 6.20 Å². The summed E-state index contributed by atoms with van der Waals surface area (Å²) >= 11 is 4.93. The highest BCUT2D eigenvalue weighted by molar-refractivity contribution is 7.80. The fraction of sp³-hybridized carbons (Fsp3) is 0.455. The van der Waals surface area contributed by atoms with Crippen molar-refractivity contribution in [3.05, 3.63) is 24.0 Å². The Bertz CT molecular complexity index is 338. The number of nitrogens with zero attached hydrogens (tertiary/aromatic N) is 1. The SMILES string of the molecule is CCC(C)CNc1cccnc1C(N)=S. The highest BCUT2D eigenvalue weighted by Gasteiger charge is 2.06. The van der Waals surface area contributed by atoms with Crippen molar-refractivity contribution in [2.45, 2.75) is 20.3 Å². The summed E-state index contributed by atoms with van der Waals surface area (Å²) in [5.74, 6) is 0.629. The first-order valence-electron chi connectivity index (χ1n) is 5.13. The molecule has 0 aromatic carbocycles. The van der Waals surface area contributed by atoms with Gasteiger partial charge >= 0.3 is 0 Å². The standard InChI is InChI=1S/C11H17N3S/c1-3-8(2)7-14-9-5-4-6-13-10(9)11(12)15/h4-6,8,14H,3,7H2,1-2H3,(H2,12,15). The van der Waals surface area contributed by atoms with Crippen LogP contribution in [0.5, 0.6) is 0 Å². The van der Waals surface area contributed by atoms with Crippen LogP contribution < -0.4 is 11.1 Å². The largest absolute Gasteiger partial charge is 0.388 e. The van der Waals surface area contributed by atoms with Gasteiger partial charge in [-0.2, -0.15) is 0 Å². The molecule has 15 heavy (non-hydrogen) atoms. The van der Waals surface area contributed by atoms with Gasteiger partial charge < -0.3 is 11.1 Å². The molecule has 0 bridgehead atoms. The Kier molecular flexibility index (Phi) is 4.49. The van der Waals surface area contributed by atoms with Crippen molar-refractivity contribution in [1.29, 1.82) is 0 Å². The zero-order valence-electron chi connectivity index (χ0n) is 9.16. The lowest BCUT2D eigenvalue weighted by Crippen LogP contribution is -2.17. The summed E-state index contributed by atoms with van der Waals surface area (Å²) in [4.78, 5) is 4.49. The second-order valence-corrected chi connectivity index (χ2v) is 4.10. The topological polar surface area (TPSA) is 50.9 Å². The molecule has 1 aromatic heterocycles. The highest BCUT2D eigenvalue weighted by atomic mass is 32.1. The maximum absolute atomic E-state index is 5.58. The van der Waals surface area contributed by atoms with Crippen LogP contribution in [0.15, 0.2) is 18.3 Å². The van der Waals surface area contributed by atoms with E-state index in [2.05, 4.69) is 24.1 Å². The number of aromatic nitrogens is 1. The second-order valence-electron chi connectivity index (χ2n) is 3.66. The van der Waals surface area contributed by atoms with Gasteiger partial charge in [0.1, 0.15) is 10.7 Å².